The third kappa shape index (κ3) is 6.69. The lowest BCUT2D eigenvalue weighted by molar-refractivity contribution is 0.549. The molecular weight excluding hydrogens is 274 g/mol. The minimum atomic E-state index is 0.513. The molecule has 0 aliphatic carbocycles. The van der Waals surface area contributed by atoms with E-state index in [-0.39, 0.29) is 0 Å². The minimum absolute atomic E-state index is 0.513. The van der Waals surface area contributed by atoms with Gasteiger partial charge in [-0.1, -0.05) is 50.6 Å². The van der Waals surface area contributed by atoms with Gasteiger partial charge in [-0.15, -0.1) is 0 Å². The van der Waals surface area contributed by atoms with Gasteiger partial charge < -0.3 is 5.32 Å². The Morgan fingerprint density at radius 2 is 2.00 bits per heavy atom. The Morgan fingerprint density at radius 1 is 1.26 bits per heavy atom. The van der Waals surface area contributed by atoms with E-state index in [1.165, 1.54) is 18.4 Å². The maximum Gasteiger partial charge on any atom is 0.0438 e. The van der Waals surface area contributed by atoms with Crippen LogP contribution in [0.4, 0.5) is 0 Å². The molecule has 0 bridgehead atoms. The summed E-state index contributed by atoms with van der Waals surface area (Å²) in [6.45, 7) is 7.84. The Balaban J connectivity index is 2.55. The summed E-state index contributed by atoms with van der Waals surface area (Å²) in [5, 5.41) is 5.27. The van der Waals surface area contributed by atoms with Gasteiger partial charge in [0.25, 0.3) is 0 Å². The summed E-state index contributed by atoms with van der Waals surface area (Å²) >= 11 is 8.31. The Labute approximate surface area is 127 Å². The van der Waals surface area contributed by atoms with Crippen molar-refractivity contribution in [2.24, 2.45) is 0 Å². The lowest BCUT2D eigenvalue weighted by Gasteiger charge is -2.20. The molecule has 19 heavy (non-hydrogen) atoms. The quantitative estimate of drug-likeness (QED) is 0.704. The fraction of sp³-hybridized carbons (Fsp3) is 0.625. The van der Waals surface area contributed by atoms with Crippen LogP contribution in [-0.4, -0.2) is 23.6 Å². The summed E-state index contributed by atoms with van der Waals surface area (Å²) in [5.74, 6) is 1.15. The highest BCUT2D eigenvalue weighted by molar-refractivity contribution is 7.99. The summed E-state index contributed by atoms with van der Waals surface area (Å²) in [5.41, 5.74) is 1.25. The number of halogens is 1. The van der Waals surface area contributed by atoms with Gasteiger partial charge in [-0.25, -0.2) is 0 Å². The third-order valence-electron chi connectivity index (χ3n) is 3.26. The van der Waals surface area contributed by atoms with Crippen molar-refractivity contribution in [3.05, 3.63) is 34.9 Å². The molecule has 0 heterocycles. The maximum atomic E-state index is 6.26. The molecule has 2 unspecified atom stereocenters. The molecule has 0 aromatic heterocycles. The van der Waals surface area contributed by atoms with Crippen molar-refractivity contribution in [2.75, 3.05) is 12.3 Å². The lowest BCUT2D eigenvalue weighted by Crippen LogP contribution is -2.34. The van der Waals surface area contributed by atoms with Gasteiger partial charge in [-0.3, -0.25) is 0 Å². The molecule has 0 spiro atoms. The van der Waals surface area contributed by atoms with Crippen LogP contribution in [0.1, 0.15) is 39.2 Å². The van der Waals surface area contributed by atoms with Crippen molar-refractivity contribution in [3.63, 3.8) is 0 Å². The first-order valence-corrected chi connectivity index (χ1v) is 8.68. The van der Waals surface area contributed by atoms with E-state index in [4.69, 9.17) is 11.6 Å². The number of hydrogen-bond acceptors (Lipinski definition) is 2. The molecule has 1 rings (SSSR count). The summed E-state index contributed by atoms with van der Waals surface area (Å²) < 4.78 is 0. The van der Waals surface area contributed by atoms with Crippen molar-refractivity contribution in [1.29, 1.82) is 0 Å². The highest BCUT2D eigenvalue weighted by atomic mass is 35.5. The summed E-state index contributed by atoms with van der Waals surface area (Å²) in [7, 11) is 0. The first kappa shape index (κ1) is 16.9. The average Bonchev–Trinajstić information content (AvgIpc) is 2.43. The van der Waals surface area contributed by atoms with Crippen LogP contribution >= 0.6 is 23.4 Å². The van der Waals surface area contributed by atoms with E-state index < -0.39 is 0 Å². The van der Waals surface area contributed by atoms with E-state index >= 15 is 0 Å². The minimum Gasteiger partial charge on any atom is -0.313 e. The van der Waals surface area contributed by atoms with Gasteiger partial charge in [-0.05, 0) is 37.4 Å². The molecule has 1 aromatic carbocycles. The van der Waals surface area contributed by atoms with Gasteiger partial charge in [0.15, 0.2) is 0 Å². The van der Waals surface area contributed by atoms with Crippen LogP contribution in [0.25, 0.3) is 0 Å². The van der Waals surface area contributed by atoms with E-state index in [2.05, 4.69) is 50.0 Å². The number of thioether (sulfide) groups is 1. The Kier molecular flexibility index (Phi) is 8.60. The molecule has 2 atom stereocenters. The molecule has 0 fully saturated rings. The normalized spacial score (nSPS) is 14.3. The zero-order valence-electron chi connectivity index (χ0n) is 12.3. The van der Waals surface area contributed by atoms with E-state index in [0.29, 0.717) is 6.04 Å². The topological polar surface area (TPSA) is 12.0 Å². The van der Waals surface area contributed by atoms with Gasteiger partial charge in [0.2, 0.25) is 0 Å². The smallest absolute Gasteiger partial charge is 0.0438 e. The van der Waals surface area contributed by atoms with Gasteiger partial charge >= 0.3 is 0 Å². The predicted molar refractivity (Wildman–Crippen MR) is 89.4 cm³/mol. The van der Waals surface area contributed by atoms with Crippen LogP contribution in [0.15, 0.2) is 24.3 Å². The molecular formula is C16H26ClNS. The van der Waals surface area contributed by atoms with Crippen molar-refractivity contribution in [2.45, 2.75) is 51.3 Å². The summed E-state index contributed by atoms with van der Waals surface area (Å²) in [4.78, 5) is 0. The van der Waals surface area contributed by atoms with Gasteiger partial charge in [0.05, 0.1) is 0 Å². The van der Waals surface area contributed by atoms with E-state index in [9.17, 15) is 0 Å². The van der Waals surface area contributed by atoms with Crippen molar-refractivity contribution >= 4 is 23.4 Å². The zero-order valence-corrected chi connectivity index (χ0v) is 13.9. The van der Waals surface area contributed by atoms with Gasteiger partial charge in [0, 0.05) is 22.1 Å². The molecule has 0 amide bonds. The molecule has 0 radical (unpaired) electrons. The monoisotopic (exact) mass is 299 g/mol. The van der Waals surface area contributed by atoms with E-state index in [1.807, 2.05) is 12.1 Å². The molecule has 3 heteroatoms. The standard InChI is InChI=1S/C16H26ClNS/c1-4-10-18-15(12-19-13(3)5-2)11-14-8-6-7-9-16(14)17/h6-9,13,15,18H,4-5,10-12H2,1-3H3. The molecule has 0 saturated carbocycles. The van der Waals surface area contributed by atoms with Crippen LogP contribution in [0.3, 0.4) is 0 Å². The second-order valence-corrected chi connectivity index (χ2v) is 6.88. The molecule has 1 aromatic rings. The lowest BCUT2D eigenvalue weighted by atomic mass is 10.1. The Hall–Kier alpha value is -0.180. The van der Waals surface area contributed by atoms with E-state index in [0.717, 1.165) is 29.0 Å². The van der Waals surface area contributed by atoms with Crippen LogP contribution < -0.4 is 5.32 Å². The van der Waals surface area contributed by atoms with E-state index in [1.54, 1.807) is 0 Å². The maximum absolute atomic E-state index is 6.26. The third-order valence-corrected chi connectivity index (χ3v) is 5.13. The highest BCUT2D eigenvalue weighted by Gasteiger charge is 2.12. The van der Waals surface area contributed by atoms with Gasteiger partial charge in [-0.2, -0.15) is 11.8 Å². The fourth-order valence-electron chi connectivity index (χ4n) is 1.87. The number of nitrogens with one attached hydrogen (secondary N) is 1. The van der Waals surface area contributed by atoms with Crippen molar-refractivity contribution in [1.82, 2.24) is 5.32 Å². The van der Waals surface area contributed by atoms with Crippen molar-refractivity contribution < 1.29 is 0 Å². The first-order valence-electron chi connectivity index (χ1n) is 7.25. The second kappa shape index (κ2) is 9.68. The molecule has 1 N–H and O–H groups in total. The van der Waals surface area contributed by atoms with Gasteiger partial charge in [0.1, 0.15) is 0 Å². The highest BCUT2D eigenvalue weighted by Crippen LogP contribution is 2.20. The molecule has 0 saturated heterocycles. The Morgan fingerprint density at radius 3 is 2.63 bits per heavy atom. The molecule has 1 nitrogen and oxygen atoms in total. The zero-order chi connectivity index (χ0) is 14.1. The SMILES string of the molecule is CCCNC(CSC(C)CC)Cc1ccccc1Cl. The van der Waals surface area contributed by atoms with Crippen molar-refractivity contribution in [3.8, 4) is 0 Å². The molecule has 0 aliphatic rings. The predicted octanol–water partition coefficient (Wildman–Crippen LogP) is 4.78. The fourth-order valence-corrected chi connectivity index (χ4v) is 3.11. The second-order valence-electron chi connectivity index (χ2n) is 5.00. The van der Waals surface area contributed by atoms with Crippen LogP contribution in [0, 0.1) is 0 Å². The average molecular weight is 300 g/mol. The molecule has 0 aliphatic heterocycles. The van der Waals surface area contributed by atoms with Crippen LogP contribution in [-0.2, 0) is 6.42 Å². The number of hydrogen-bond donors (Lipinski definition) is 1. The first-order chi connectivity index (χ1) is 9.17. The summed E-state index contributed by atoms with van der Waals surface area (Å²) in [6, 6.07) is 8.69. The number of benzene rings is 1. The Bertz CT molecular complexity index is 356. The van der Waals surface area contributed by atoms with Crippen LogP contribution in [0.2, 0.25) is 5.02 Å². The van der Waals surface area contributed by atoms with Crippen LogP contribution in [0.5, 0.6) is 0 Å². The largest absolute Gasteiger partial charge is 0.313 e. The summed E-state index contributed by atoms with van der Waals surface area (Å²) in [6.07, 6.45) is 3.42. The molecule has 108 valence electrons. The number of rotatable bonds is 9.